The Labute approximate surface area is 142 Å². The molecule has 1 rings (SSSR count). The molecule has 0 fully saturated rings. The van der Waals surface area contributed by atoms with Crippen molar-refractivity contribution in [3.63, 3.8) is 0 Å². The summed E-state index contributed by atoms with van der Waals surface area (Å²) in [7, 11) is -3.69. The zero-order chi connectivity index (χ0) is 18.3. The third-order valence-corrected chi connectivity index (χ3v) is 4.68. The van der Waals surface area contributed by atoms with E-state index < -0.39 is 21.9 Å². The van der Waals surface area contributed by atoms with Crippen LogP contribution in [0.5, 0.6) is 0 Å². The number of carbonyl (C=O) groups is 2. The van der Waals surface area contributed by atoms with E-state index in [2.05, 4.69) is 10.0 Å². The van der Waals surface area contributed by atoms with Gasteiger partial charge in [0.1, 0.15) is 0 Å². The van der Waals surface area contributed by atoms with Gasteiger partial charge in [-0.2, -0.15) is 0 Å². The van der Waals surface area contributed by atoms with Gasteiger partial charge in [-0.25, -0.2) is 13.1 Å². The molecule has 0 saturated heterocycles. The summed E-state index contributed by atoms with van der Waals surface area (Å²) in [4.78, 5) is 23.0. The van der Waals surface area contributed by atoms with Crippen molar-refractivity contribution >= 4 is 21.9 Å². The maximum atomic E-state index is 12.2. The molecule has 24 heavy (non-hydrogen) atoms. The normalized spacial score (nSPS) is 11.4. The molecule has 0 aromatic heterocycles. The molecule has 1 aromatic rings. The number of esters is 1. The number of carbonyl (C=O) groups excluding carboxylic acids is 2. The fourth-order valence-corrected chi connectivity index (χ4v) is 3.30. The number of hydrogen-bond acceptors (Lipinski definition) is 5. The van der Waals surface area contributed by atoms with Crippen molar-refractivity contribution in [1.29, 1.82) is 0 Å². The van der Waals surface area contributed by atoms with Crippen LogP contribution in [0, 0.1) is 13.8 Å². The fraction of sp³-hybridized carbons (Fsp3) is 0.500. The molecule has 0 spiro atoms. The van der Waals surface area contributed by atoms with E-state index in [-0.39, 0.29) is 30.5 Å². The summed E-state index contributed by atoms with van der Waals surface area (Å²) in [6.07, 6.45) is -0.154. The van der Waals surface area contributed by atoms with Crippen molar-refractivity contribution in [2.75, 3.05) is 13.2 Å². The third-order valence-electron chi connectivity index (χ3n) is 3.06. The summed E-state index contributed by atoms with van der Waals surface area (Å²) in [6.45, 7) is 6.70. The lowest BCUT2D eigenvalue weighted by atomic mass is 10.2. The topological polar surface area (TPSA) is 102 Å². The maximum absolute atomic E-state index is 12.2. The minimum atomic E-state index is -3.69. The van der Waals surface area contributed by atoms with Crippen molar-refractivity contribution < 1.29 is 22.7 Å². The zero-order valence-electron chi connectivity index (χ0n) is 14.4. The molecular formula is C16H24N2O5S. The minimum absolute atomic E-state index is 0.0410. The largest absolute Gasteiger partial charge is 0.456 e. The summed E-state index contributed by atoms with van der Waals surface area (Å²) < 4.78 is 31.5. The smallest absolute Gasteiger partial charge is 0.307 e. The number of amides is 1. The molecule has 0 aliphatic carbocycles. The Morgan fingerprint density at radius 1 is 1.21 bits per heavy atom. The first-order valence-electron chi connectivity index (χ1n) is 7.63. The Bertz CT molecular complexity index is 698. The third kappa shape index (κ3) is 6.67. The second-order valence-electron chi connectivity index (χ2n) is 5.80. The van der Waals surface area contributed by atoms with Gasteiger partial charge in [0.15, 0.2) is 6.61 Å². The van der Waals surface area contributed by atoms with Gasteiger partial charge < -0.3 is 10.1 Å². The van der Waals surface area contributed by atoms with E-state index in [0.717, 1.165) is 5.56 Å². The number of nitrogens with one attached hydrogen (secondary N) is 2. The maximum Gasteiger partial charge on any atom is 0.307 e. The lowest BCUT2D eigenvalue weighted by molar-refractivity contribution is -0.148. The summed E-state index contributed by atoms with van der Waals surface area (Å²) in [5.41, 5.74) is 1.60. The van der Waals surface area contributed by atoms with E-state index >= 15 is 0 Å². The Morgan fingerprint density at radius 2 is 1.88 bits per heavy atom. The summed E-state index contributed by atoms with van der Waals surface area (Å²) in [5, 5.41) is 2.58. The van der Waals surface area contributed by atoms with Crippen LogP contribution in [0.2, 0.25) is 0 Å². The number of sulfonamides is 1. The summed E-state index contributed by atoms with van der Waals surface area (Å²) in [5.74, 6) is -1.04. The highest BCUT2D eigenvalue weighted by atomic mass is 32.2. The van der Waals surface area contributed by atoms with Crippen molar-refractivity contribution in [2.45, 2.75) is 45.1 Å². The lowest BCUT2D eigenvalue weighted by Crippen LogP contribution is -2.34. The molecule has 0 bridgehead atoms. The molecule has 0 aliphatic heterocycles. The molecule has 0 unspecified atom stereocenters. The van der Waals surface area contributed by atoms with Crippen LogP contribution >= 0.6 is 0 Å². The second kappa shape index (κ2) is 8.79. The number of ether oxygens (including phenoxy) is 1. The minimum Gasteiger partial charge on any atom is -0.456 e. The van der Waals surface area contributed by atoms with E-state index in [1.54, 1.807) is 32.9 Å². The molecule has 7 nitrogen and oxygen atoms in total. The molecule has 2 N–H and O–H groups in total. The van der Waals surface area contributed by atoms with Crippen LogP contribution in [0.1, 0.15) is 31.4 Å². The highest BCUT2D eigenvalue weighted by Gasteiger charge is 2.17. The van der Waals surface area contributed by atoms with E-state index in [4.69, 9.17) is 4.74 Å². The van der Waals surface area contributed by atoms with Gasteiger partial charge in [-0.15, -0.1) is 0 Å². The number of aryl methyl sites for hydroxylation is 2. The van der Waals surface area contributed by atoms with E-state index in [1.807, 2.05) is 6.92 Å². The molecule has 8 heteroatoms. The van der Waals surface area contributed by atoms with Crippen LogP contribution in [0.25, 0.3) is 0 Å². The molecule has 0 saturated carbocycles. The lowest BCUT2D eigenvalue weighted by Gasteiger charge is -2.10. The van der Waals surface area contributed by atoms with Crippen LogP contribution in [-0.2, 0) is 24.3 Å². The first kappa shape index (κ1) is 20.1. The van der Waals surface area contributed by atoms with Crippen LogP contribution in [-0.4, -0.2) is 39.5 Å². The molecule has 0 atom stereocenters. The van der Waals surface area contributed by atoms with Gasteiger partial charge in [0.2, 0.25) is 10.0 Å². The van der Waals surface area contributed by atoms with Crippen molar-refractivity contribution in [3.05, 3.63) is 29.3 Å². The molecule has 0 heterocycles. The monoisotopic (exact) mass is 356 g/mol. The van der Waals surface area contributed by atoms with Crippen molar-refractivity contribution in [3.8, 4) is 0 Å². The predicted molar refractivity (Wildman–Crippen MR) is 90.0 cm³/mol. The second-order valence-corrected chi connectivity index (χ2v) is 7.53. The Hall–Kier alpha value is -1.93. The number of hydrogen-bond donors (Lipinski definition) is 2. The standard InChI is InChI=1S/C16H24N2O5S/c1-11(2)18-15(19)10-23-16(20)7-8-17-24(21,22)14-6-5-12(3)9-13(14)4/h5-6,9,11,17H,7-8,10H2,1-4H3,(H,18,19). The molecule has 134 valence electrons. The first-order valence-corrected chi connectivity index (χ1v) is 9.12. The van der Waals surface area contributed by atoms with Crippen LogP contribution < -0.4 is 10.0 Å². The average Bonchev–Trinajstić information content (AvgIpc) is 2.43. The van der Waals surface area contributed by atoms with Crippen LogP contribution in [0.15, 0.2) is 23.1 Å². The predicted octanol–water partition coefficient (Wildman–Crippen LogP) is 1.04. The van der Waals surface area contributed by atoms with E-state index in [0.29, 0.717) is 5.56 Å². The van der Waals surface area contributed by atoms with Crippen LogP contribution in [0.4, 0.5) is 0 Å². The molecule has 1 amide bonds. The van der Waals surface area contributed by atoms with Crippen molar-refractivity contribution in [2.24, 2.45) is 0 Å². The Balaban J connectivity index is 2.45. The SMILES string of the molecule is Cc1ccc(S(=O)(=O)NCCC(=O)OCC(=O)NC(C)C)c(C)c1. The Morgan fingerprint density at radius 3 is 2.46 bits per heavy atom. The highest BCUT2D eigenvalue weighted by Crippen LogP contribution is 2.16. The van der Waals surface area contributed by atoms with Gasteiger partial charge in [0.05, 0.1) is 11.3 Å². The van der Waals surface area contributed by atoms with E-state index in [1.165, 1.54) is 6.07 Å². The first-order chi connectivity index (χ1) is 11.1. The number of rotatable bonds is 8. The van der Waals surface area contributed by atoms with Gasteiger partial charge in [0, 0.05) is 12.6 Å². The zero-order valence-corrected chi connectivity index (χ0v) is 15.2. The molecule has 0 radical (unpaired) electrons. The molecule has 0 aliphatic rings. The van der Waals surface area contributed by atoms with E-state index in [9.17, 15) is 18.0 Å². The van der Waals surface area contributed by atoms with Gasteiger partial charge >= 0.3 is 5.97 Å². The summed E-state index contributed by atoms with van der Waals surface area (Å²) in [6, 6.07) is 4.97. The van der Waals surface area contributed by atoms with Gasteiger partial charge in [-0.1, -0.05) is 17.7 Å². The highest BCUT2D eigenvalue weighted by molar-refractivity contribution is 7.89. The van der Waals surface area contributed by atoms with Gasteiger partial charge in [0.25, 0.3) is 5.91 Å². The quantitative estimate of drug-likeness (QED) is 0.678. The average molecular weight is 356 g/mol. The number of benzene rings is 1. The van der Waals surface area contributed by atoms with Crippen molar-refractivity contribution in [1.82, 2.24) is 10.0 Å². The van der Waals surface area contributed by atoms with Gasteiger partial charge in [-0.3, -0.25) is 9.59 Å². The fourth-order valence-electron chi connectivity index (χ4n) is 2.05. The molecule has 1 aromatic carbocycles. The van der Waals surface area contributed by atoms with Gasteiger partial charge in [-0.05, 0) is 39.3 Å². The summed E-state index contributed by atoms with van der Waals surface area (Å²) >= 11 is 0. The molecular weight excluding hydrogens is 332 g/mol. The van der Waals surface area contributed by atoms with Crippen LogP contribution in [0.3, 0.4) is 0 Å². The Kier molecular flexibility index (Phi) is 7.37.